The Labute approximate surface area is 174 Å². The van der Waals surface area contributed by atoms with Crippen molar-refractivity contribution < 1.29 is 9.53 Å². The molecule has 1 heterocycles. The summed E-state index contributed by atoms with van der Waals surface area (Å²) >= 11 is 6.07. The van der Waals surface area contributed by atoms with Crippen molar-refractivity contribution in [3.8, 4) is 17.5 Å². The molecule has 0 fully saturated rings. The quantitative estimate of drug-likeness (QED) is 0.646. The van der Waals surface area contributed by atoms with Gasteiger partial charge in [0, 0.05) is 17.1 Å². The van der Waals surface area contributed by atoms with Crippen molar-refractivity contribution in [2.24, 2.45) is 0 Å². The molecule has 148 valence electrons. The predicted molar refractivity (Wildman–Crippen MR) is 111 cm³/mol. The van der Waals surface area contributed by atoms with Gasteiger partial charge in [-0.1, -0.05) is 29.8 Å². The number of hydrogen-bond acceptors (Lipinski definition) is 5. The minimum absolute atomic E-state index is 0.112. The average Bonchev–Trinajstić information content (AvgIpc) is 3.11. The van der Waals surface area contributed by atoms with Crippen LogP contribution in [0.1, 0.15) is 11.1 Å². The van der Waals surface area contributed by atoms with Crippen molar-refractivity contribution in [2.75, 3.05) is 26.0 Å². The Balaban J connectivity index is 1.72. The molecule has 3 aromatic rings. The highest BCUT2D eigenvalue weighted by Crippen LogP contribution is 2.24. The van der Waals surface area contributed by atoms with Crippen molar-refractivity contribution in [1.29, 1.82) is 5.26 Å². The highest BCUT2D eigenvalue weighted by atomic mass is 35.5. The van der Waals surface area contributed by atoms with Crippen LogP contribution in [0.25, 0.3) is 5.69 Å². The molecule has 2 aromatic carbocycles. The maximum atomic E-state index is 12.6. The number of para-hydroxylation sites is 1. The van der Waals surface area contributed by atoms with E-state index in [0.717, 1.165) is 11.3 Å². The maximum Gasteiger partial charge on any atom is 0.239 e. The average molecular weight is 410 g/mol. The minimum atomic E-state index is -0.261. The number of anilines is 1. The summed E-state index contributed by atoms with van der Waals surface area (Å²) in [7, 11) is 3.41. The first-order valence-electron chi connectivity index (χ1n) is 8.86. The molecular weight excluding hydrogens is 390 g/mol. The molecule has 0 saturated carbocycles. The molecule has 1 aromatic heterocycles. The lowest BCUT2D eigenvalue weighted by molar-refractivity contribution is -0.117. The van der Waals surface area contributed by atoms with Gasteiger partial charge in [0.15, 0.2) is 5.82 Å². The van der Waals surface area contributed by atoms with Crippen LogP contribution in [0.2, 0.25) is 5.02 Å². The van der Waals surface area contributed by atoms with Gasteiger partial charge in [0.25, 0.3) is 0 Å². The van der Waals surface area contributed by atoms with E-state index in [-0.39, 0.29) is 12.5 Å². The van der Waals surface area contributed by atoms with Gasteiger partial charge in [0.2, 0.25) is 5.91 Å². The number of hydrogen-bond donors (Lipinski definition) is 1. The van der Waals surface area contributed by atoms with Crippen molar-refractivity contribution in [3.05, 3.63) is 70.9 Å². The standard InChI is InChI=1S/C21H20ClN5O2/c1-26(13-15-10-17(22)8-9-19(15)29-2)14-20(28)25-21-16(11-23)12-24-27(21)18-6-4-3-5-7-18/h3-10,12H,13-14H2,1-2H3,(H,25,28). The van der Waals surface area contributed by atoms with Crippen LogP contribution in [0.4, 0.5) is 5.82 Å². The van der Waals surface area contributed by atoms with E-state index in [4.69, 9.17) is 16.3 Å². The second kappa shape index (κ2) is 9.24. The largest absolute Gasteiger partial charge is 0.496 e. The molecule has 0 aliphatic carbocycles. The number of aromatic nitrogens is 2. The Bertz CT molecular complexity index is 1040. The Morgan fingerprint density at radius 2 is 2.07 bits per heavy atom. The molecule has 7 nitrogen and oxygen atoms in total. The van der Waals surface area contributed by atoms with Crippen LogP contribution >= 0.6 is 11.6 Å². The lowest BCUT2D eigenvalue weighted by Gasteiger charge is -2.18. The van der Waals surface area contributed by atoms with E-state index in [0.29, 0.717) is 28.7 Å². The molecule has 29 heavy (non-hydrogen) atoms. The predicted octanol–water partition coefficient (Wildman–Crippen LogP) is 3.48. The molecule has 3 rings (SSSR count). The van der Waals surface area contributed by atoms with Crippen LogP contribution in [-0.2, 0) is 11.3 Å². The second-order valence-electron chi connectivity index (χ2n) is 6.44. The van der Waals surface area contributed by atoms with E-state index >= 15 is 0 Å². The smallest absolute Gasteiger partial charge is 0.239 e. The van der Waals surface area contributed by atoms with Gasteiger partial charge in [0.05, 0.1) is 25.5 Å². The van der Waals surface area contributed by atoms with Gasteiger partial charge in [-0.05, 0) is 37.4 Å². The Kier molecular flexibility index (Phi) is 6.50. The van der Waals surface area contributed by atoms with Crippen LogP contribution in [0.3, 0.4) is 0 Å². The van der Waals surface area contributed by atoms with Crippen molar-refractivity contribution >= 4 is 23.3 Å². The third-order valence-electron chi connectivity index (χ3n) is 4.24. The number of ether oxygens (including phenoxy) is 1. The van der Waals surface area contributed by atoms with E-state index in [2.05, 4.69) is 16.5 Å². The summed E-state index contributed by atoms with van der Waals surface area (Å²) in [5.74, 6) is 0.788. The van der Waals surface area contributed by atoms with Gasteiger partial charge in [-0.25, -0.2) is 4.68 Å². The molecular formula is C21H20ClN5O2. The fourth-order valence-corrected chi connectivity index (χ4v) is 3.14. The number of nitrogens with one attached hydrogen (secondary N) is 1. The molecule has 0 bridgehead atoms. The summed E-state index contributed by atoms with van der Waals surface area (Å²) in [6.45, 7) is 0.584. The molecule has 0 aliphatic rings. The third kappa shape index (κ3) is 4.93. The number of carbonyl (C=O) groups is 1. The van der Waals surface area contributed by atoms with Crippen molar-refractivity contribution in [1.82, 2.24) is 14.7 Å². The van der Waals surface area contributed by atoms with Crippen molar-refractivity contribution in [2.45, 2.75) is 6.54 Å². The highest BCUT2D eigenvalue weighted by molar-refractivity contribution is 6.30. The summed E-state index contributed by atoms with van der Waals surface area (Å²) in [5.41, 5.74) is 1.92. The Hall–Kier alpha value is -3.34. The number of carbonyl (C=O) groups excluding carboxylic acids is 1. The van der Waals surface area contributed by atoms with Crippen LogP contribution in [0.5, 0.6) is 5.75 Å². The molecule has 0 spiro atoms. The Morgan fingerprint density at radius 3 is 2.76 bits per heavy atom. The molecule has 0 unspecified atom stereocenters. The minimum Gasteiger partial charge on any atom is -0.496 e. The van der Waals surface area contributed by atoms with Crippen LogP contribution in [-0.4, -0.2) is 41.3 Å². The number of methoxy groups -OCH3 is 1. The summed E-state index contributed by atoms with van der Waals surface area (Å²) in [6, 6.07) is 16.7. The zero-order valence-electron chi connectivity index (χ0n) is 16.1. The summed E-state index contributed by atoms with van der Waals surface area (Å²) < 4.78 is 6.89. The SMILES string of the molecule is COc1ccc(Cl)cc1CN(C)CC(=O)Nc1c(C#N)cnn1-c1ccccc1. The summed E-state index contributed by atoms with van der Waals surface area (Å²) in [6.07, 6.45) is 1.43. The zero-order chi connectivity index (χ0) is 20.8. The maximum absolute atomic E-state index is 12.6. The van der Waals surface area contributed by atoms with Gasteiger partial charge in [0.1, 0.15) is 17.4 Å². The monoisotopic (exact) mass is 409 g/mol. The highest BCUT2D eigenvalue weighted by Gasteiger charge is 2.17. The molecule has 8 heteroatoms. The summed E-state index contributed by atoms with van der Waals surface area (Å²) in [5, 5.41) is 17.0. The molecule has 1 N–H and O–H groups in total. The van der Waals surface area contributed by atoms with Gasteiger partial charge >= 0.3 is 0 Å². The third-order valence-corrected chi connectivity index (χ3v) is 4.48. The van der Waals surface area contributed by atoms with E-state index in [9.17, 15) is 10.1 Å². The lowest BCUT2D eigenvalue weighted by Crippen LogP contribution is -2.30. The first-order chi connectivity index (χ1) is 14.0. The fraction of sp³-hybridized carbons (Fsp3) is 0.190. The van der Waals surface area contributed by atoms with Crippen molar-refractivity contribution in [3.63, 3.8) is 0 Å². The van der Waals surface area contributed by atoms with Crippen LogP contribution in [0.15, 0.2) is 54.7 Å². The van der Waals surface area contributed by atoms with E-state index in [1.54, 1.807) is 19.2 Å². The molecule has 1 amide bonds. The van der Waals surface area contributed by atoms with E-state index in [1.807, 2.05) is 48.3 Å². The number of rotatable bonds is 7. The zero-order valence-corrected chi connectivity index (χ0v) is 16.8. The summed E-state index contributed by atoms with van der Waals surface area (Å²) in [4.78, 5) is 14.5. The van der Waals surface area contributed by atoms with E-state index < -0.39 is 0 Å². The lowest BCUT2D eigenvalue weighted by atomic mass is 10.2. The normalized spacial score (nSPS) is 10.6. The molecule has 0 saturated heterocycles. The first kappa shape index (κ1) is 20.4. The van der Waals surface area contributed by atoms with Crippen LogP contribution in [0, 0.1) is 11.3 Å². The molecule has 0 aliphatic heterocycles. The number of halogens is 1. The number of amides is 1. The number of likely N-dealkylation sites (N-methyl/N-ethyl adjacent to an activating group) is 1. The van der Waals surface area contributed by atoms with Crippen LogP contribution < -0.4 is 10.1 Å². The van der Waals surface area contributed by atoms with Gasteiger partial charge < -0.3 is 10.1 Å². The molecule has 0 atom stereocenters. The first-order valence-corrected chi connectivity index (χ1v) is 9.24. The number of benzene rings is 2. The van der Waals surface area contributed by atoms with Gasteiger partial charge in [-0.3, -0.25) is 9.69 Å². The van der Waals surface area contributed by atoms with E-state index in [1.165, 1.54) is 10.9 Å². The Morgan fingerprint density at radius 1 is 1.31 bits per heavy atom. The molecule has 0 radical (unpaired) electrons. The second-order valence-corrected chi connectivity index (χ2v) is 6.88. The fourth-order valence-electron chi connectivity index (χ4n) is 2.95. The van der Waals surface area contributed by atoms with Gasteiger partial charge in [-0.15, -0.1) is 0 Å². The van der Waals surface area contributed by atoms with Gasteiger partial charge in [-0.2, -0.15) is 10.4 Å². The number of nitrogens with zero attached hydrogens (tertiary/aromatic N) is 4. The number of nitriles is 1. The topological polar surface area (TPSA) is 83.2 Å².